The van der Waals surface area contributed by atoms with Crippen molar-refractivity contribution in [1.29, 1.82) is 0 Å². The van der Waals surface area contributed by atoms with Gasteiger partial charge in [0, 0.05) is 20.1 Å². The van der Waals surface area contributed by atoms with Crippen LogP contribution < -0.4 is 5.73 Å². The van der Waals surface area contributed by atoms with E-state index in [9.17, 15) is 9.59 Å². The van der Waals surface area contributed by atoms with Crippen molar-refractivity contribution in [3.8, 4) is 0 Å². The molecule has 0 aromatic carbocycles. The molecule has 1 aromatic heterocycles. The lowest BCUT2D eigenvalue weighted by molar-refractivity contribution is -0.138. The summed E-state index contributed by atoms with van der Waals surface area (Å²) in [4.78, 5) is 25.6. The lowest BCUT2D eigenvalue weighted by Crippen LogP contribution is -2.42. The van der Waals surface area contributed by atoms with Gasteiger partial charge in [-0.05, 0) is 6.42 Å². The zero-order chi connectivity index (χ0) is 15.4. The van der Waals surface area contributed by atoms with Gasteiger partial charge in [-0.3, -0.25) is 9.48 Å². The number of aromatic nitrogens is 2. The number of carbonyl (C=O) groups excluding carboxylic acids is 2. The number of nitrogens with two attached hydrogens (primary N) is 1. The van der Waals surface area contributed by atoms with Crippen LogP contribution in [0.2, 0.25) is 0 Å². The molecule has 116 valence electrons. The van der Waals surface area contributed by atoms with Crippen LogP contribution in [0.15, 0.2) is 0 Å². The average molecular weight is 296 g/mol. The molecule has 0 aliphatic carbocycles. The second-order valence-corrected chi connectivity index (χ2v) is 4.76. The van der Waals surface area contributed by atoms with E-state index in [1.165, 1.54) is 4.68 Å². The Bertz CT molecular complexity index is 535. The molecule has 1 aliphatic heterocycles. The van der Waals surface area contributed by atoms with E-state index in [1.807, 2.05) is 6.92 Å². The maximum Gasteiger partial charge on any atom is 0.359 e. The predicted octanol–water partition coefficient (Wildman–Crippen LogP) is -0.420. The van der Waals surface area contributed by atoms with Gasteiger partial charge in [0.25, 0.3) is 5.91 Å². The molecular weight excluding hydrogens is 276 g/mol. The fourth-order valence-electron chi connectivity index (χ4n) is 2.20. The molecule has 0 radical (unpaired) electrons. The molecule has 1 saturated heterocycles. The number of nitrogen functional groups attached to an aromatic ring is 1. The summed E-state index contributed by atoms with van der Waals surface area (Å²) in [5.41, 5.74) is 7.00. The highest BCUT2D eigenvalue weighted by atomic mass is 16.5. The molecule has 0 saturated carbocycles. The lowest BCUT2D eigenvalue weighted by atomic mass is 10.2. The minimum atomic E-state index is -0.635. The van der Waals surface area contributed by atoms with Gasteiger partial charge in [0.05, 0.1) is 24.6 Å². The quantitative estimate of drug-likeness (QED) is 0.758. The van der Waals surface area contributed by atoms with Gasteiger partial charge >= 0.3 is 5.97 Å². The van der Waals surface area contributed by atoms with Gasteiger partial charge in [-0.15, -0.1) is 0 Å². The van der Waals surface area contributed by atoms with Crippen LogP contribution in [0, 0.1) is 0 Å². The number of nitrogens with zero attached hydrogens (tertiary/aromatic N) is 3. The van der Waals surface area contributed by atoms with Gasteiger partial charge in [0.1, 0.15) is 0 Å². The van der Waals surface area contributed by atoms with Crippen molar-refractivity contribution in [2.24, 2.45) is 7.05 Å². The van der Waals surface area contributed by atoms with Crippen molar-refractivity contribution in [2.45, 2.75) is 13.3 Å². The van der Waals surface area contributed by atoms with Crippen LogP contribution >= 0.6 is 0 Å². The van der Waals surface area contributed by atoms with Crippen LogP contribution in [0.1, 0.15) is 23.1 Å². The number of rotatable bonds is 4. The highest BCUT2D eigenvalue weighted by molar-refractivity contribution is 5.95. The first-order valence-corrected chi connectivity index (χ1v) is 6.88. The zero-order valence-electron chi connectivity index (χ0n) is 12.3. The topological polar surface area (TPSA) is 99.7 Å². The SMILES string of the molecule is CCc1nn(C)c(C(=O)OCC(=O)N2CCOCC2)c1N. The van der Waals surface area contributed by atoms with Gasteiger partial charge in [-0.1, -0.05) is 6.92 Å². The smallest absolute Gasteiger partial charge is 0.359 e. The number of morpholine rings is 1. The van der Waals surface area contributed by atoms with Crippen molar-refractivity contribution in [2.75, 3.05) is 38.6 Å². The summed E-state index contributed by atoms with van der Waals surface area (Å²) in [5, 5.41) is 4.15. The molecule has 2 N–H and O–H groups in total. The fourth-order valence-corrected chi connectivity index (χ4v) is 2.20. The summed E-state index contributed by atoms with van der Waals surface area (Å²) in [6.07, 6.45) is 0.625. The Morgan fingerprint density at radius 1 is 1.38 bits per heavy atom. The maximum atomic E-state index is 12.0. The van der Waals surface area contributed by atoms with E-state index in [0.29, 0.717) is 44.1 Å². The van der Waals surface area contributed by atoms with Crippen molar-refractivity contribution in [1.82, 2.24) is 14.7 Å². The molecule has 2 rings (SSSR count). The molecule has 21 heavy (non-hydrogen) atoms. The van der Waals surface area contributed by atoms with Crippen LogP contribution in [0.5, 0.6) is 0 Å². The Morgan fingerprint density at radius 2 is 2.05 bits per heavy atom. The van der Waals surface area contributed by atoms with Crippen LogP contribution in [0.3, 0.4) is 0 Å². The van der Waals surface area contributed by atoms with Crippen molar-refractivity contribution in [3.63, 3.8) is 0 Å². The predicted molar refractivity (Wildman–Crippen MR) is 74.7 cm³/mol. The third kappa shape index (κ3) is 3.33. The van der Waals surface area contributed by atoms with E-state index in [-0.39, 0.29) is 18.2 Å². The molecule has 1 amide bonds. The molecule has 1 aromatic rings. The summed E-state index contributed by atoms with van der Waals surface area (Å²) in [6, 6.07) is 0. The van der Waals surface area contributed by atoms with Crippen LogP contribution in [0.4, 0.5) is 5.69 Å². The number of hydrogen-bond donors (Lipinski definition) is 1. The molecule has 2 heterocycles. The largest absolute Gasteiger partial charge is 0.451 e. The molecular formula is C13H20N4O4. The van der Waals surface area contributed by atoms with E-state index in [4.69, 9.17) is 15.2 Å². The molecule has 8 nitrogen and oxygen atoms in total. The monoisotopic (exact) mass is 296 g/mol. The Hall–Kier alpha value is -2.09. The van der Waals surface area contributed by atoms with Crippen LogP contribution in [0.25, 0.3) is 0 Å². The third-order valence-corrected chi connectivity index (χ3v) is 3.38. The van der Waals surface area contributed by atoms with Gasteiger partial charge < -0.3 is 20.1 Å². The normalized spacial score (nSPS) is 15.0. The van der Waals surface area contributed by atoms with E-state index in [2.05, 4.69) is 5.10 Å². The highest BCUT2D eigenvalue weighted by Crippen LogP contribution is 2.17. The first kappa shape index (κ1) is 15.3. The standard InChI is InChI=1S/C13H20N4O4/c1-3-9-11(14)12(16(2)15-9)13(19)21-8-10(18)17-4-6-20-7-5-17/h3-8,14H2,1-2H3. The number of amides is 1. The molecule has 0 bridgehead atoms. The lowest BCUT2D eigenvalue weighted by Gasteiger charge is -2.26. The van der Waals surface area contributed by atoms with Gasteiger partial charge in [0.15, 0.2) is 12.3 Å². The fraction of sp³-hybridized carbons (Fsp3) is 0.615. The molecule has 0 spiro atoms. The molecule has 1 fully saturated rings. The van der Waals surface area contributed by atoms with Crippen LogP contribution in [-0.4, -0.2) is 59.5 Å². The number of ether oxygens (including phenoxy) is 2. The van der Waals surface area contributed by atoms with Crippen molar-refractivity contribution >= 4 is 17.6 Å². The second kappa shape index (κ2) is 6.57. The number of hydrogen-bond acceptors (Lipinski definition) is 6. The summed E-state index contributed by atoms with van der Waals surface area (Å²) >= 11 is 0. The summed E-state index contributed by atoms with van der Waals surface area (Å²) in [7, 11) is 1.62. The maximum absolute atomic E-state index is 12.0. The van der Waals surface area contributed by atoms with E-state index < -0.39 is 5.97 Å². The molecule has 0 atom stereocenters. The minimum absolute atomic E-state index is 0.182. The van der Waals surface area contributed by atoms with E-state index in [1.54, 1.807) is 11.9 Å². The minimum Gasteiger partial charge on any atom is -0.451 e. The summed E-state index contributed by atoms with van der Waals surface area (Å²) in [5.74, 6) is -0.869. The summed E-state index contributed by atoms with van der Waals surface area (Å²) in [6.45, 7) is 3.65. The van der Waals surface area contributed by atoms with E-state index >= 15 is 0 Å². The molecule has 8 heteroatoms. The van der Waals surface area contributed by atoms with Crippen molar-refractivity contribution < 1.29 is 19.1 Å². The van der Waals surface area contributed by atoms with Gasteiger partial charge in [-0.2, -0.15) is 5.10 Å². The van der Waals surface area contributed by atoms with E-state index in [0.717, 1.165) is 0 Å². The summed E-state index contributed by atoms with van der Waals surface area (Å²) < 4.78 is 11.6. The Kier molecular flexibility index (Phi) is 4.79. The number of aryl methyl sites for hydroxylation is 2. The number of esters is 1. The Labute approximate surface area is 122 Å². The highest BCUT2D eigenvalue weighted by Gasteiger charge is 2.23. The molecule has 1 aliphatic rings. The van der Waals surface area contributed by atoms with Crippen molar-refractivity contribution in [3.05, 3.63) is 11.4 Å². The Balaban J connectivity index is 1.95. The number of anilines is 1. The second-order valence-electron chi connectivity index (χ2n) is 4.76. The third-order valence-electron chi connectivity index (χ3n) is 3.38. The first-order valence-electron chi connectivity index (χ1n) is 6.88. The zero-order valence-corrected chi connectivity index (χ0v) is 12.3. The number of carbonyl (C=O) groups is 2. The first-order chi connectivity index (χ1) is 10.0. The average Bonchev–Trinajstić information content (AvgIpc) is 2.79. The van der Waals surface area contributed by atoms with Gasteiger partial charge in [-0.25, -0.2) is 4.79 Å². The molecule has 0 unspecified atom stereocenters. The van der Waals surface area contributed by atoms with Gasteiger partial charge in [0.2, 0.25) is 0 Å². The Morgan fingerprint density at radius 3 is 2.62 bits per heavy atom. The van der Waals surface area contributed by atoms with Crippen LogP contribution in [-0.2, 0) is 27.7 Å².